The van der Waals surface area contributed by atoms with Gasteiger partial charge in [-0.25, -0.2) is 0 Å². The van der Waals surface area contributed by atoms with Crippen molar-refractivity contribution in [3.63, 3.8) is 0 Å². The van der Waals surface area contributed by atoms with Crippen molar-refractivity contribution < 1.29 is 23.9 Å². The van der Waals surface area contributed by atoms with Crippen molar-refractivity contribution in [2.45, 2.75) is 38.7 Å². The summed E-state index contributed by atoms with van der Waals surface area (Å²) in [4.78, 5) is 39.7. The Labute approximate surface area is 250 Å². The highest BCUT2D eigenvalue weighted by molar-refractivity contribution is 6.30. The lowest BCUT2D eigenvalue weighted by Crippen LogP contribution is -2.30. The zero-order valence-electron chi connectivity index (χ0n) is 23.8. The monoisotopic (exact) mass is 581 g/mol. The molecule has 0 bridgehead atoms. The van der Waals surface area contributed by atoms with Gasteiger partial charge in [0.25, 0.3) is 0 Å². The fraction of sp³-hybridized carbons (Fsp3) is 0.229. The van der Waals surface area contributed by atoms with Crippen molar-refractivity contribution in [1.29, 1.82) is 0 Å². The van der Waals surface area contributed by atoms with Gasteiger partial charge in [-0.1, -0.05) is 67.9 Å². The lowest BCUT2D eigenvalue weighted by atomic mass is 9.78. The molecule has 0 unspecified atom stereocenters. The number of hydrogen-bond donors (Lipinski definition) is 0. The SMILES string of the molecule is C[C@@H](OC(=O)[C@H]1CC(=O)N(c2ccc(Oc3ccc(C(C)(C)c4ccccc4)cc3)cc2)C1)C(=O)c1ccc(Cl)cc1. The van der Waals surface area contributed by atoms with Crippen LogP contribution in [0.2, 0.25) is 5.02 Å². The number of carbonyl (C=O) groups excluding carboxylic acids is 3. The van der Waals surface area contributed by atoms with Gasteiger partial charge in [-0.2, -0.15) is 0 Å². The van der Waals surface area contributed by atoms with Gasteiger partial charge in [0.15, 0.2) is 6.10 Å². The number of rotatable bonds is 9. The number of hydrogen-bond acceptors (Lipinski definition) is 5. The predicted octanol–water partition coefficient (Wildman–Crippen LogP) is 7.63. The van der Waals surface area contributed by atoms with Gasteiger partial charge in [0.2, 0.25) is 11.7 Å². The van der Waals surface area contributed by atoms with Gasteiger partial charge < -0.3 is 14.4 Å². The van der Waals surface area contributed by atoms with Gasteiger partial charge in [0.05, 0.1) is 5.92 Å². The van der Waals surface area contributed by atoms with Crippen LogP contribution in [0.1, 0.15) is 48.7 Å². The lowest BCUT2D eigenvalue weighted by molar-refractivity contribution is -0.151. The number of anilines is 1. The number of ketones is 1. The lowest BCUT2D eigenvalue weighted by Gasteiger charge is -2.26. The molecule has 1 fully saturated rings. The highest BCUT2D eigenvalue weighted by Crippen LogP contribution is 2.34. The van der Waals surface area contributed by atoms with Crippen LogP contribution in [0, 0.1) is 5.92 Å². The van der Waals surface area contributed by atoms with Crippen LogP contribution >= 0.6 is 11.6 Å². The minimum atomic E-state index is -0.974. The number of Topliss-reactive ketones (excluding diaryl/α,β-unsaturated/α-hetero) is 1. The zero-order valence-corrected chi connectivity index (χ0v) is 24.5. The Balaban J connectivity index is 1.17. The molecule has 1 heterocycles. The third-order valence-electron chi connectivity index (χ3n) is 7.70. The molecule has 214 valence electrons. The maximum atomic E-state index is 12.8. The van der Waals surface area contributed by atoms with Gasteiger partial charge in [-0.3, -0.25) is 14.4 Å². The predicted molar refractivity (Wildman–Crippen MR) is 163 cm³/mol. The molecule has 0 N–H and O–H groups in total. The van der Waals surface area contributed by atoms with E-state index in [1.165, 1.54) is 18.1 Å². The van der Waals surface area contributed by atoms with E-state index >= 15 is 0 Å². The smallest absolute Gasteiger partial charge is 0.312 e. The molecule has 42 heavy (non-hydrogen) atoms. The Morgan fingerprint density at radius 1 is 0.833 bits per heavy atom. The number of benzene rings is 4. The van der Waals surface area contributed by atoms with Crippen LogP contribution in [0.5, 0.6) is 11.5 Å². The largest absolute Gasteiger partial charge is 0.457 e. The van der Waals surface area contributed by atoms with Crippen LogP contribution in [0.25, 0.3) is 0 Å². The summed E-state index contributed by atoms with van der Waals surface area (Å²) in [6, 6.07) is 32.0. The first-order chi connectivity index (χ1) is 20.1. The van der Waals surface area contributed by atoms with E-state index in [0.717, 1.165) is 0 Å². The summed E-state index contributed by atoms with van der Waals surface area (Å²) in [7, 11) is 0. The van der Waals surface area contributed by atoms with Gasteiger partial charge in [-0.15, -0.1) is 0 Å². The Kier molecular flexibility index (Phi) is 8.46. The summed E-state index contributed by atoms with van der Waals surface area (Å²) < 4.78 is 11.5. The normalized spacial score (nSPS) is 15.8. The van der Waals surface area contributed by atoms with Gasteiger partial charge in [-0.05, 0) is 78.7 Å². The minimum absolute atomic E-state index is 0.0185. The van der Waals surface area contributed by atoms with E-state index in [1.54, 1.807) is 53.4 Å². The Morgan fingerprint density at radius 3 is 2.02 bits per heavy atom. The maximum absolute atomic E-state index is 12.8. The van der Waals surface area contributed by atoms with Crippen LogP contribution < -0.4 is 9.64 Å². The molecule has 1 aliphatic heterocycles. The van der Waals surface area contributed by atoms with Crippen LogP contribution in [-0.2, 0) is 19.7 Å². The van der Waals surface area contributed by atoms with Crippen molar-refractivity contribution in [1.82, 2.24) is 0 Å². The second kappa shape index (κ2) is 12.2. The maximum Gasteiger partial charge on any atom is 0.312 e. The van der Waals surface area contributed by atoms with E-state index in [4.69, 9.17) is 21.1 Å². The number of nitrogens with zero attached hydrogens (tertiary/aromatic N) is 1. The average molecular weight is 582 g/mol. The summed E-state index contributed by atoms with van der Waals surface area (Å²) in [5.74, 6) is -0.402. The summed E-state index contributed by atoms with van der Waals surface area (Å²) in [6.45, 7) is 6.10. The van der Waals surface area contributed by atoms with Crippen molar-refractivity contribution in [3.8, 4) is 11.5 Å². The first-order valence-electron chi connectivity index (χ1n) is 13.9. The molecule has 0 spiro atoms. The summed E-state index contributed by atoms with van der Waals surface area (Å²) >= 11 is 5.89. The van der Waals surface area contributed by atoms with E-state index in [1.807, 2.05) is 30.3 Å². The first-order valence-corrected chi connectivity index (χ1v) is 14.2. The minimum Gasteiger partial charge on any atom is -0.457 e. The van der Waals surface area contributed by atoms with E-state index < -0.39 is 18.0 Å². The molecular weight excluding hydrogens is 550 g/mol. The van der Waals surface area contributed by atoms with E-state index in [2.05, 4.69) is 38.1 Å². The molecule has 4 aromatic rings. The molecular formula is C35H32ClNO5. The molecule has 2 atom stereocenters. The molecule has 4 aromatic carbocycles. The van der Waals surface area contributed by atoms with Gasteiger partial charge in [0, 0.05) is 34.7 Å². The molecule has 0 saturated carbocycles. The standard InChI is InChI=1S/C35H32ClNO5/c1-23(33(39)24-9-13-28(36)14-10-24)41-34(40)25-21-32(38)37(22-25)29-15-19-31(20-16-29)42-30-17-11-27(12-18-30)35(2,3)26-7-5-4-6-8-26/h4-20,23,25H,21-22H2,1-3H3/t23-,25+/m1/s1. The highest BCUT2D eigenvalue weighted by Gasteiger charge is 2.37. The molecule has 5 rings (SSSR count). The third kappa shape index (κ3) is 6.39. The second-order valence-electron chi connectivity index (χ2n) is 11.0. The molecule has 7 heteroatoms. The molecule has 6 nitrogen and oxygen atoms in total. The summed E-state index contributed by atoms with van der Waals surface area (Å²) in [5, 5.41) is 0.512. The number of amides is 1. The fourth-order valence-corrected chi connectivity index (χ4v) is 5.21. The third-order valence-corrected chi connectivity index (χ3v) is 7.96. The van der Waals surface area contributed by atoms with Crippen molar-refractivity contribution in [2.75, 3.05) is 11.4 Å². The van der Waals surface area contributed by atoms with Crippen molar-refractivity contribution in [2.24, 2.45) is 5.92 Å². The summed E-state index contributed by atoms with van der Waals surface area (Å²) in [5.41, 5.74) is 3.34. The quantitative estimate of drug-likeness (QED) is 0.150. The van der Waals surface area contributed by atoms with E-state index in [-0.39, 0.29) is 30.1 Å². The van der Waals surface area contributed by atoms with Crippen molar-refractivity contribution in [3.05, 3.63) is 125 Å². The van der Waals surface area contributed by atoms with E-state index in [0.29, 0.717) is 27.8 Å². The molecule has 1 saturated heterocycles. The van der Waals surface area contributed by atoms with Crippen molar-refractivity contribution >= 4 is 34.9 Å². The van der Waals surface area contributed by atoms with Gasteiger partial charge in [0.1, 0.15) is 11.5 Å². The van der Waals surface area contributed by atoms with E-state index in [9.17, 15) is 14.4 Å². The summed E-state index contributed by atoms with van der Waals surface area (Å²) in [6.07, 6.45) is -0.956. The molecule has 1 aliphatic rings. The number of carbonyl (C=O) groups is 3. The Morgan fingerprint density at radius 2 is 1.40 bits per heavy atom. The average Bonchev–Trinajstić information content (AvgIpc) is 3.40. The Bertz CT molecular complexity index is 1560. The molecule has 1 amide bonds. The second-order valence-corrected chi connectivity index (χ2v) is 11.4. The number of halogens is 1. The van der Waals surface area contributed by atoms with Gasteiger partial charge >= 0.3 is 5.97 Å². The number of ether oxygens (including phenoxy) is 2. The van der Waals surface area contributed by atoms with Crippen LogP contribution in [0.15, 0.2) is 103 Å². The highest BCUT2D eigenvalue weighted by atomic mass is 35.5. The van der Waals surface area contributed by atoms with Crippen LogP contribution in [-0.4, -0.2) is 30.3 Å². The molecule has 0 radical (unpaired) electrons. The van der Waals surface area contributed by atoms with Crippen LogP contribution in [0.3, 0.4) is 0 Å². The first kappa shape index (κ1) is 29.1. The molecule has 0 aromatic heterocycles. The molecule has 0 aliphatic carbocycles. The Hall–Kier alpha value is -4.42. The fourth-order valence-electron chi connectivity index (χ4n) is 5.08. The topological polar surface area (TPSA) is 72.9 Å². The van der Waals surface area contributed by atoms with Crippen LogP contribution in [0.4, 0.5) is 5.69 Å². The number of esters is 1. The zero-order chi connectivity index (χ0) is 29.9.